The van der Waals surface area contributed by atoms with Gasteiger partial charge in [-0.05, 0) is 36.6 Å². The van der Waals surface area contributed by atoms with E-state index in [4.69, 9.17) is 4.74 Å². The maximum Gasteiger partial charge on any atom is 0.119 e. The van der Waals surface area contributed by atoms with Crippen molar-refractivity contribution in [3.05, 3.63) is 46.4 Å². The highest BCUT2D eigenvalue weighted by atomic mass is 32.1. The van der Waals surface area contributed by atoms with Crippen LogP contribution in [0.15, 0.2) is 35.8 Å². The first-order valence-electron chi connectivity index (χ1n) is 7.42. The summed E-state index contributed by atoms with van der Waals surface area (Å²) in [4.78, 5) is 4.42. The van der Waals surface area contributed by atoms with Crippen LogP contribution in [0.2, 0.25) is 0 Å². The van der Waals surface area contributed by atoms with E-state index in [-0.39, 0.29) is 0 Å². The predicted molar refractivity (Wildman–Crippen MR) is 89.1 cm³/mol. The Morgan fingerprint density at radius 3 is 2.81 bits per heavy atom. The quantitative estimate of drug-likeness (QED) is 0.810. The first-order valence-corrected chi connectivity index (χ1v) is 8.30. The van der Waals surface area contributed by atoms with E-state index >= 15 is 0 Å². The number of ether oxygens (including phenoxy) is 1. The van der Waals surface area contributed by atoms with Crippen LogP contribution >= 0.6 is 11.3 Å². The standard InChI is InChI=1S/C17H24N2OS/c1-13(2)19-12-15(11-17-18-7-8-21-17)9-14-5-4-6-16(10-14)20-3/h4-8,10,13,15,19H,9,11-12H2,1-3H3. The normalized spacial score (nSPS) is 12.6. The molecule has 1 aromatic heterocycles. The number of benzene rings is 1. The molecule has 0 bridgehead atoms. The molecule has 0 saturated carbocycles. The van der Waals surface area contributed by atoms with Crippen LogP contribution < -0.4 is 10.1 Å². The van der Waals surface area contributed by atoms with Crippen molar-refractivity contribution in [1.82, 2.24) is 10.3 Å². The Morgan fingerprint density at radius 1 is 1.29 bits per heavy atom. The van der Waals surface area contributed by atoms with Gasteiger partial charge in [0.05, 0.1) is 12.1 Å². The summed E-state index contributed by atoms with van der Waals surface area (Å²) in [5.41, 5.74) is 1.32. The van der Waals surface area contributed by atoms with E-state index in [0.29, 0.717) is 12.0 Å². The van der Waals surface area contributed by atoms with E-state index in [9.17, 15) is 0 Å². The van der Waals surface area contributed by atoms with Gasteiger partial charge < -0.3 is 10.1 Å². The molecule has 1 atom stereocenters. The number of hydrogen-bond donors (Lipinski definition) is 1. The molecule has 0 amide bonds. The average Bonchev–Trinajstić information content (AvgIpc) is 2.98. The lowest BCUT2D eigenvalue weighted by Crippen LogP contribution is -2.31. The summed E-state index contributed by atoms with van der Waals surface area (Å²) in [6.45, 7) is 5.38. The van der Waals surface area contributed by atoms with E-state index in [1.54, 1.807) is 18.4 Å². The van der Waals surface area contributed by atoms with Crippen molar-refractivity contribution in [3.8, 4) is 5.75 Å². The van der Waals surface area contributed by atoms with Gasteiger partial charge in [-0.3, -0.25) is 0 Å². The van der Waals surface area contributed by atoms with Gasteiger partial charge in [-0.1, -0.05) is 26.0 Å². The maximum absolute atomic E-state index is 5.31. The Labute approximate surface area is 131 Å². The fraction of sp³-hybridized carbons (Fsp3) is 0.471. The molecule has 0 saturated heterocycles. The van der Waals surface area contributed by atoms with Crippen LogP contribution in [0.3, 0.4) is 0 Å². The van der Waals surface area contributed by atoms with Crippen LogP contribution in [0.25, 0.3) is 0 Å². The summed E-state index contributed by atoms with van der Waals surface area (Å²) >= 11 is 1.74. The molecule has 0 fully saturated rings. The molecule has 114 valence electrons. The molecular formula is C17H24N2OS. The van der Waals surface area contributed by atoms with E-state index in [1.807, 2.05) is 17.6 Å². The molecular weight excluding hydrogens is 280 g/mol. The Balaban J connectivity index is 2.02. The van der Waals surface area contributed by atoms with E-state index in [0.717, 1.165) is 25.1 Å². The second-order valence-electron chi connectivity index (χ2n) is 5.61. The van der Waals surface area contributed by atoms with E-state index < -0.39 is 0 Å². The third-order valence-corrected chi connectivity index (χ3v) is 4.22. The van der Waals surface area contributed by atoms with Gasteiger partial charge in [-0.2, -0.15) is 0 Å². The largest absolute Gasteiger partial charge is 0.497 e. The van der Waals surface area contributed by atoms with Crippen LogP contribution in [-0.4, -0.2) is 24.7 Å². The van der Waals surface area contributed by atoms with Crippen LogP contribution in [0.4, 0.5) is 0 Å². The summed E-state index contributed by atoms with van der Waals surface area (Å²) in [6, 6.07) is 8.86. The van der Waals surface area contributed by atoms with Crippen molar-refractivity contribution in [2.24, 2.45) is 5.92 Å². The molecule has 0 radical (unpaired) electrons. The second-order valence-corrected chi connectivity index (χ2v) is 6.59. The summed E-state index contributed by atoms with van der Waals surface area (Å²) in [6.07, 6.45) is 3.95. The number of thiazole rings is 1. The average molecular weight is 304 g/mol. The highest BCUT2D eigenvalue weighted by Crippen LogP contribution is 2.19. The molecule has 1 aromatic carbocycles. The lowest BCUT2D eigenvalue weighted by Gasteiger charge is -2.19. The van der Waals surface area contributed by atoms with Gasteiger partial charge in [0, 0.05) is 24.0 Å². The number of rotatable bonds is 8. The summed E-state index contributed by atoms with van der Waals surface area (Å²) in [7, 11) is 1.71. The zero-order valence-corrected chi connectivity index (χ0v) is 13.8. The van der Waals surface area contributed by atoms with Crippen LogP contribution in [-0.2, 0) is 12.8 Å². The first-order chi connectivity index (χ1) is 10.2. The molecule has 21 heavy (non-hydrogen) atoms. The molecule has 1 unspecified atom stereocenters. The van der Waals surface area contributed by atoms with Crippen molar-refractivity contribution in [2.75, 3.05) is 13.7 Å². The van der Waals surface area contributed by atoms with Crippen LogP contribution in [0, 0.1) is 5.92 Å². The zero-order chi connectivity index (χ0) is 15.1. The van der Waals surface area contributed by atoms with Gasteiger partial charge in [0.15, 0.2) is 0 Å². The van der Waals surface area contributed by atoms with Crippen molar-refractivity contribution in [2.45, 2.75) is 32.7 Å². The Morgan fingerprint density at radius 2 is 2.14 bits per heavy atom. The Hall–Kier alpha value is -1.39. The Bertz CT molecular complexity index is 525. The summed E-state index contributed by atoms with van der Waals surface area (Å²) in [5.74, 6) is 1.47. The fourth-order valence-corrected chi connectivity index (χ4v) is 3.08. The molecule has 0 aliphatic carbocycles. The van der Waals surface area contributed by atoms with Crippen molar-refractivity contribution in [1.29, 1.82) is 0 Å². The monoisotopic (exact) mass is 304 g/mol. The van der Waals surface area contributed by atoms with Crippen molar-refractivity contribution >= 4 is 11.3 Å². The van der Waals surface area contributed by atoms with Gasteiger partial charge in [0.2, 0.25) is 0 Å². The highest BCUT2D eigenvalue weighted by Gasteiger charge is 2.13. The molecule has 1 heterocycles. The molecule has 0 aliphatic rings. The molecule has 3 nitrogen and oxygen atoms in total. The minimum atomic E-state index is 0.508. The van der Waals surface area contributed by atoms with Gasteiger partial charge in [0.1, 0.15) is 5.75 Å². The molecule has 2 rings (SSSR count). The number of methoxy groups -OCH3 is 1. The lowest BCUT2D eigenvalue weighted by atomic mass is 9.96. The Kier molecular flexibility index (Phi) is 6.21. The second kappa shape index (κ2) is 8.15. The van der Waals surface area contributed by atoms with Gasteiger partial charge >= 0.3 is 0 Å². The third kappa shape index (κ3) is 5.48. The molecule has 1 N–H and O–H groups in total. The van der Waals surface area contributed by atoms with Crippen LogP contribution in [0.1, 0.15) is 24.4 Å². The highest BCUT2D eigenvalue weighted by molar-refractivity contribution is 7.09. The van der Waals surface area contributed by atoms with Gasteiger partial charge in [-0.25, -0.2) is 4.98 Å². The number of hydrogen-bond acceptors (Lipinski definition) is 4. The number of aromatic nitrogens is 1. The SMILES string of the molecule is COc1cccc(CC(CNC(C)C)Cc2nccs2)c1. The third-order valence-electron chi connectivity index (χ3n) is 3.42. The smallest absolute Gasteiger partial charge is 0.119 e. The predicted octanol–water partition coefficient (Wildman–Crippen LogP) is 3.55. The summed E-state index contributed by atoms with van der Waals surface area (Å²) < 4.78 is 5.31. The molecule has 2 aromatic rings. The van der Waals surface area contributed by atoms with E-state index in [1.165, 1.54) is 10.6 Å². The topological polar surface area (TPSA) is 34.1 Å². The maximum atomic E-state index is 5.31. The minimum absolute atomic E-state index is 0.508. The van der Waals surface area contributed by atoms with Gasteiger partial charge in [0.25, 0.3) is 0 Å². The van der Waals surface area contributed by atoms with Gasteiger partial charge in [-0.15, -0.1) is 11.3 Å². The first kappa shape index (κ1) is 16.0. The zero-order valence-electron chi connectivity index (χ0n) is 13.0. The summed E-state index contributed by atoms with van der Waals surface area (Å²) in [5, 5.41) is 6.82. The minimum Gasteiger partial charge on any atom is -0.497 e. The number of nitrogens with zero attached hydrogens (tertiary/aromatic N) is 1. The molecule has 0 aliphatic heterocycles. The molecule has 4 heteroatoms. The van der Waals surface area contributed by atoms with E-state index in [2.05, 4.69) is 42.3 Å². The lowest BCUT2D eigenvalue weighted by molar-refractivity contribution is 0.412. The number of nitrogens with one attached hydrogen (secondary N) is 1. The fourth-order valence-electron chi connectivity index (χ4n) is 2.35. The van der Waals surface area contributed by atoms with Crippen molar-refractivity contribution < 1.29 is 4.74 Å². The molecule has 0 spiro atoms. The van der Waals surface area contributed by atoms with Crippen LogP contribution in [0.5, 0.6) is 5.75 Å². The van der Waals surface area contributed by atoms with Crippen molar-refractivity contribution in [3.63, 3.8) is 0 Å².